The summed E-state index contributed by atoms with van der Waals surface area (Å²) >= 11 is 0. The lowest BCUT2D eigenvalue weighted by Gasteiger charge is -2.26. The van der Waals surface area contributed by atoms with Crippen LogP contribution >= 0.6 is 0 Å². The van der Waals surface area contributed by atoms with Crippen LogP contribution in [0.4, 0.5) is 5.69 Å². The number of ether oxygens (including phenoxy) is 1. The molecule has 0 fully saturated rings. The van der Waals surface area contributed by atoms with Crippen molar-refractivity contribution >= 4 is 23.5 Å². The number of anilines is 1. The fraction of sp³-hybridized carbons (Fsp3) is 0.192. The summed E-state index contributed by atoms with van der Waals surface area (Å²) in [5.41, 5.74) is 4.35. The van der Waals surface area contributed by atoms with Crippen molar-refractivity contribution in [2.75, 3.05) is 18.9 Å². The van der Waals surface area contributed by atoms with Crippen LogP contribution in [0.3, 0.4) is 0 Å². The first-order valence-electron chi connectivity index (χ1n) is 10.4. The standard InChI is InChI=1S/C26H24N2O4/c1-17-8-11-21(12-9-17)27-24(29)16-28(2)25(30)19-10-13-22-20(14-19)15-23(32-26(22)31)18-6-4-3-5-7-18/h3-14,23H,15-16H2,1-2H3,(H,27,29). The highest BCUT2D eigenvalue weighted by Crippen LogP contribution is 2.31. The number of carbonyl (C=O) groups is 3. The maximum absolute atomic E-state index is 12.9. The van der Waals surface area contributed by atoms with Crippen LogP contribution in [-0.4, -0.2) is 36.3 Å². The van der Waals surface area contributed by atoms with E-state index in [0.29, 0.717) is 23.2 Å². The van der Waals surface area contributed by atoms with Gasteiger partial charge in [-0.15, -0.1) is 0 Å². The quantitative estimate of drug-likeness (QED) is 0.619. The van der Waals surface area contributed by atoms with Gasteiger partial charge < -0.3 is 15.0 Å². The van der Waals surface area contributed by atoms with Gasteiger partial charge in [-0.2, -0.15) is 0 Å². The minimum absolute atomic E-state index is 0.0848. The van der Waals surface area contributed by atoms with E-state index in [0.717, 1.165) is 16.7 Å². The molecule has 0 radical (unpaired) electrons. The molecule has 6 heteroatoms. The van der Waals surface area contributed by atoms with Gasteiger partial charge in [0.15, 0.2) is 0 Å². The number of fused-ring (bicyclic) bond motifs is 1. The molecule has 3 aromatic rings. The second-order valence-corrected chi connectivity index (χ2v) is 7.96. The maximum atomic E-state index is 12.9. The predicted molar refractivity (Wildman–Crippen MR) is 122 cm³/mol. The number of likely N-dealkylation sites (N-methyl/N-ethyl adjacent to an activating group) is 1. The minimum atomic E-state index is -0.398. The van der Waals surface area contributed by atoms with Crippen LogP contribution in [0.15, 0.2) is 72.8 Å². The SMILES string of the molecule is Cc1ccc(NC(=O)CN(C)C(=O)c2ccc3c(c2)CC(c2ccccc2)OC3=O)cc1. The lowest BCUT2D eigenvalue weighted by molar-refractivity contribution is -0.116. The molecule has 1 heterocycles. The molecule has 3 aromatic carbocycles. The summed E-state index contributed by atoms with van der Waals surface area (Å²) in [7, 11) is 1.58. The fourth-order valence-corrected chi connectivity index (χ4v) is 3.73. The molecule has 2 amide bonds. The summed E-state index contributed by atoms with van der Waals surface area (Å²) in [5, 5.41) is 2.79. The number of cyclic esters (lactones) is 1. The fourth-order valence-electron chi connectivity index (χ4n) is 3.73. The average Bonchev–Trinajstić information content (AvgIpc) is 2.80. The normalized spacial score (nSPS) is 14.8. The van der Waals surface area contributed by atoms with Crippen molar-refractivity contribution < 1.29 is 19.1 Å². The van der Waals surface area contributed by atoms with Crippen LogP contribution in [0.1, 0.15) is 43.5 Å². The van der Waals surface area contributed by atoms with Gasteiger partial charge >= 0.3 is 5.97 Å². The highest BCUT2D eigenvalue weighted by atomic mass is 16.5. The summed E-state index contributed by atoms with van der Waals surface area (Å²) < 4.78 is 5.58. The lowest BCUT2D eigenvalue weighted by Crippen LogP contribution is -2.35. The molecule has 162 valence electrons. The molecule has 1 aliphatic heterocycles. The zero-order valence-corrected chi connectivity index (χ0v) is 18.0. The van der Waals surface area contributed by atoms with Gasteiger partial charge in [-0.3, -0.25) is 9.59 Å². The predicted octanol–water partition coefficient (Wildman–Crippen LogP) is 4.16. The Morgan fingerprint density at radius 2 is 1.75 bits per heavy atom. The lowest BCUT2D eigenvalue weighted by atomic mass is 9.93. The van der Waals surface area contributed by atoms with Crippen molar-refractivity contribution in [3.05, 3.63) is 101 Å². The van der Waals surface area contributed by atoms with Gasteiger partial charge in [0.05, 0.1) is 12.1 Å². The van der Waals surface area contributed by atoms with E-state index in [2.05, 4.69) is 5.32 Å². The first kappa shape index (κ1) is 21.3. The van der Waals surface area contributed by atoms with Gasteiger partial charge in [-0.05, 0) is 48.4 Å². The zero-order chi connectivity index (χ0) is 22.7. The number of nitrogens with zero attached hydrogens (tertiary/aromatic N) is 1. The molecule has 32 heavy (non-hydrogen) atoms. The van der Waals surface area contributed by atoms with Crippen LogP contribution < -0.4 is 5.32 Å². The Hall–Kier alpha value is -3.93. The topological polar surface area (TPSA) is 75.7 Å². The molecule has 4 rings (SSSR count). The number of esters is 1. The van der Waals surface area contributed by atoms with Crippen molar-refractivity contribution in [2.45, 2.75) is 19.4 Å². The molecule has 1 atom stereocenters. The number of nitrogens with one attached hydrogen (secondary N) is 1. The first-order chi connectivity index (χ1) is 15.4. The maximum Gasteiger partial charge on any atom is 0.339 e. The van der Waals surface area contributed by atoms with Crippen LogP contribution in [0.2, 0.25) is 0 Å². The monoisotopic (exact) mass is 428 g/mol. The minimum Gasteiger partial charge on any atom is -0.454 e. The zero-order valence-electron chi connectivity index (χ0n) is 18.0. The molecule has 0 aliphatic carbocycles. The highest BCUT2D eigenvalue weighted by molar-refractivity contribution is 6.00. The van der Waals surface area contributed by atoms with Gasteiger partial charge in [0, 0.05) is 24.7 Å². The van der Waals surface area contributed by atoms with Crippen molar-refractivity contribution in [2.24, 2.45) is 0 Å². The molecule has 0 bridgehead atoms. The smallest absolute Gasteiger partial charge is 0.339 e. The second-order valence-electron chi connectivity index (χ2n) is 7.96. The van der Waals surface area contributed by atoms with Crippen molar-refractivity contribution in [1.29, 1.82) is 0 Å². The molecule has 6 nitrogen and oxygen atoms in total. The Morgan fingerprint density at radius 1 is 1.03 bits per heavy atom. The van der Waals surface area contributed by atoms with Crippen molar-refractivity contribution in [3.8, 4) is 0 Å². The third-order valence-corrected chi connectivity index (χ3v) is 5.46. The van der Waals surface area contributed by atoms with E-state index in [1.807, 2.05) is 61.5 Å². The molecule has 0 saturated carbocycles. The second kappa shape index (κ2) is 9.06. The van der Waals surface area contributed by atoms with Crippen molar-refractivity contribution in [3.63, 3.8) is 0 Å². The summed E-state index contributed by atoms with van der Waals surface area (Å²) in [6, 6.07) is 21.9. The molecule has 0 saturated heterocycles. The highest BCUT2D eigenvalue weighted by Gasteiger charge is 2.28. The summed E-state index contributed by atoms with van der Waals surface area (Å²) in [6.45, 7) is 1.89. The van der Waals surface area contributed by atoms with E-state index in [-0.39, 0.29) is 24.5 Å². The van der Waals surface area contributed by atoms with Gasteiger partial charge in [0.2, 0.25) is 5.91 Å². The van der Waals surface area contributed by atoms with Gasteiger partial charge in [-0.1, -0.05) is 48.0 Å². The number of hydrogen-bond acceptors (Lipinski definition) is 4. The summed E-state index contributed by atoms with van der Waals surface area (Å²) in [5.74, 6) is -0.970. The van der Waals surface area contributed by atoms with Gasteiger partial charge in [0.1, 0.15) is 6.10 Å². The van der Waals surface area contributed by atoms with Crippen LogP contribution in [0.5, 0.6) is 0 Å². The van der Waals surface area contributed by atoms with E-state index in [1.54, 1.807) is 25.2 Å². The molecular weight excluding hydrogens is 404 g/mol. The van der Waals surface area contributed by atoms with Crippen LogP contribution in [-0.2, 0) is 16.0 Å². The largest absolute Gasteiger partial charge is 0.454 e. The third-order valence-electron chi connectivity index (χ3n) is 5.46. The Balaban J connectivity index is 1.45. The van der Waals surface area contributed by atoms with E-state index in [4.69, 9.17) is 4.74 Å². The van der Waals surface area contributed by atoms with Gasteiger partial charge in [-0.25, -0.2) is 4.79 Å². The molecule has 1 unspecified atom stereocenters. The Labute approximate surface area is 186 Å². The Bertz CT molecular complexity index is 1160. The van der Waals surface area contributed by atoms with Crippen LogP contribution in [0.25, 0.3) is 0 Å². The molecule has 0 spiro atoms. The first-order valence-corrected chi connectivity index (χ1v) is 10.4. The number of rotatable bonds is 5. The van der Waals surface area contributed by atoms with Gasteiger partial charge in [0.25, 0.3) is 5.91 Å². The van der Waals surface area contributed by atoms with E-state index >= 15 is 0 Å². The average molecular weight is 428 g/mol. The van der Waals surface area contributed by atoms with E-state index in [9.17, 15) is 14.4 Å². The molecule has 1 N–H and O–H groups in total. The molecule has 0 aromatic heterocycles. The summed E-state index contributed by atoms with van der Waals surface area (Å²) in [6.07, 6.45) is 0.101. The third kappa shape index (κ3) is 4.70. The summed E-state index contributed by atoms with van der Waals surface area (Å²) in [4.78, 5) is 39.1. The molecule has 1 aliphatic rings. The Morgan fingerprint density at radius 3 is 2.47 bits per heavy atom. The van der Waals surface area contributed by atoms with E-state index < -0.39 is 5.97 Å². The Kier molecular flexibility index (Phi) is 6.03. The van der Waals surface area contributed by atoms with E-state index in [1.165, 1.54) is 4.90 Å². The molecular formula is C26H24N2O4. The number of amides is 2. The van der Waals surface area contributed by atoms with Crippen molar-refractivity contribution in [1.82, 2.24) is 4.90 Å². The number of hydrogen-bond donors (Lipinski definition) is 1. The number of carbonyl (C=O) groups excluding carboxylic acids is 3. The van der Waals surface area contributed by atoms with Crippen LogP contribution in [0, 0.1) is 6.92 Å². The number of benzene rings is 3. The number of aryl methyl sites for hydroxylation is 1.